The maximum Gasteiger partial charge on any atom is 0.264 e. The number of benzene rings is 1. The van der Waals surface area contributed by atoms with Crippen LogP contribution in [0.5, 0.6) is 0 Å². The molecule has 90 valence electrons. The minimum Gasteiger partial charge on any atom is -0.374 e. The molecule has 0 radical (unpaired) electrons. The fourth-order valence-corrected chi connectivity index (χ4v) is 1.39. The molecule has 6 heteroatoms. The Morgan fingerprint density at radius 2 is 1.81 bits per heavy atom. The van der Waals surface area contributed by atoms with E-state index in [1.165, 1.54) is 12.1 Å². The number of hydrogen-bond donors (Lipinski definition) is 0. The summed E-state index contributed by atoms with van der Waals surface area (Å²) in [6, 6.07) is 5.89. The van der Waals surface area contributed by atoms with Crippen LogP contribution in [0.2, 0.25) is 0 Å². The predicted molar refractivity (Wildman–Crippen MR) is 56.9 cm³/mol. The van der Waals surface area contributed by atoms with Crippen LogP contribution in [0.15, 0.2) is 24.3 Å². The lowest BCUT2D eigenvalue weighted by molar-refractivity contribution is 0.0910. The van der Waals surface area contributed by atoms with Crippen molar-refractivity contribution in [2.24, 2.45) is 0 Å². The Hall–Kier alpha value is -0.980. The minimum atomic E-state index is -3.40. The molecule has 0 aromatic heterocycles. The summed E-state index contributed by atoms with van der Waals surface area (Å²) in [6.45, 7) is 0.456. The van der Waals surface area contributed by atoms with Gasteiger partial charge >= 0.3 is 0 Å². The Balaban J connectivity index is 2.19. The number of halogens is 1. The third-order valence-electron chi connectivity index (χ3n) is 1.71. The molecule has 0 saturated heterocycles. The molecule has 0 amide bonds. The predicted octanol–water partition coefficient (Wildman–Crippen LogP) is 1.32. The van der Waals surface area contributed by atoms with Gasteiger partial charge in [0.2, 0.25) is 0 Å². The van der Waals surface area contributed by atoms with E-state index in [0.717, 1.165) is 11.8 Å². The largest absolute Gasteiger partial charge is 0.374 e. The zero-order valence-corrected chi connectivity index (χ0v) is 9.67. The highest BCUT2D eigenvalue weighted by Gasteiger charge is 2.00. The summed E-state index contributed by atoms with van der Waals surface area (Å²) in [5.41, 5.74) is 0.820. The first kappa shape index (κ1) is 13.1. The molecule has 1 rings (SSSR count). The quantitative estimate of drug-likeness (QED) is 0.563. The van der Waals surface area contributed by atoms with Gasteiger partial charge in [-0.1, -0.05) is 12.1 Å². The lowest BCUT2D eigenvalue weighted by Gasteiger charge is -2.04. The van der Waals surface area contributed by atoms with Crippen LogP contribution in [0.3, 0.4) is 0 Å². The summed E-state index contributed by atoms with van der Waals surface area (Å²) in [6.07, 6.45) is 0.979. The summed E-state index contributed by atoms with van der Waals surface area (Å²) in [7, 11) is -3.40. The van der Waals surface area contributed by atoms with Crippen LogP contribution in [-0.2, 0) is 25.6 Å². The van der Waals surface area contributed by atoms with Crippen LogP contribution in [0.4, 0.5) is 4.39 Å². The molecule has 0 aliphatic rings. The summed E-state index contributed by atoms with van der Waals surface area (Å²) >= 11 is 0. The third kappa shape index (κ3) is 5.79. The van der Waals surface area contributed by atoms with E-state index in [1.807, 2.05) is 0 Å². The van der Waals surface area contributed by atoms with Gasteiger partial charge in [-0.3, -0.25) is 4.18 Å². The molecule has 0 aliphatic carbocycles. The number of ether oxygens (including phenoxy) is 1. The van der Waals surface area contributed by atoms with Gasteiger partial charge in [0.1, 0.15) is 5.82 Å². The Morgan fingerprint density at radius 3 is 2.38 bits per heavy atom. The first-order chi connectivity index (χ1) is 7.47. The van der Waals surface area contributed by atoms with E-state index >= 15 is 0 Å². The Kier molecular flexibility index (Phi) is 4.85. The first-order valence-corrected chi connectivity index (χ1v) is 6.45. The van der Waals surface area contributed by atoms with E-state index in [-0.39, 0.29) is 19.0 Å². The van der Waals surface area contributed by atoms with Crippen molar-refractivity contribution in [3.05, 3.63) is 35.6 Å². The average molecular weight is 248 g/mol. The minimum absolute atomic E-state index is 0.0139. The van der Waals surface area contributed by atoms with E-state index in [9.17, 15) is 12.8 Å². The van der Waals surface area contributed by atoms with Gasteiger partial charge in [-0.05, 0) is 17.7 Å². The van der Waals surface area contributed by atoms with Crippen molar-refractivity contribution in [3.63, 3.8) is 0 Å². The molecule has 0 saturated carbocycles. The van der Waals surface area contributed by atoms with Crippen molar-refractivity contribution in [1.82, 2.24) is 0 Å². The summed E-state index contributed by atoms with van der Waals surface area (Å²) in [4.78, 5) is 0. The van der Waals surface area contributed by atoms with Crippen molar-refractivity contribution >= 4 is 10.1 Å². The van der Waals surface area contributed by atoms with E-state index < -0.39 is 10.1 Å². The van der Waals surface area contributed by atoms with Crippen molar-refractivity contribution in [1.29, 1.82) is 0 Å². The molecule has 4 nitrogen and oxygen atoms in total. The molecule has 16 heavy (non-hydrogen) atoms. The Morgan fingerprint density at radius 1 is 1.19 bits per heavy atom. The molecule has 0 aliphatic heterocycles. The normalized spacial score (nSPS) is 11.6. The van der Waals surface area contributed by atoms with Crippen LogP contribution in [0.1, 0.15) is 5.56 Å². The van der Waals surface area contributed by atoms with E-state index in [0.29, 0.717) is 6.61 Å². The summed E-state index contributed by atoms with van der Waals surface area (Å²) < 4.78 is 43.3. The maximum absolute atomic E-state index is 12.5. The van der Waals surface area contributed by atoms with Crippen molar-refractivity contribution in [2.45, 2.75) is 6.61 Å². The highest BCUT2D eigenvalue weighted by molar-refractivity contribution is 7.85. The number of hydrogen-bond acceptors (Lipinski definition) is 4. The Bertz CT molecular complexity index is 413. The topological polar surface area (TPSA) is 52.6 Å². The molecule has 0 N–H and O–H groups in total. The van der Waals surface area contributed by atoms with E-state index in [4.69, 9.17) is 4.74 Å². The van der Waals surface area contributed by atoms with Gasteiger partial charge < -0.3 is 4.74 Å². The monoisotopic (exact) mass is 248 g/mol. The van der Waals surface area contributed by atoms with Gasteiger partial charge in [0.05, 0.1) is 26.1 Å². The van der Waals surface area contributed by atoms with Gasteiger partial charge in [-0.2, -0.15) is 8.42 Å². The van der Waals surface area contributed by atoms with E-state index in [2.05, 4.69) is 4.18 Å². The molecular weight excluding hydrogens is 235 g/mol. The molecule has 1 aromatic rings. The fraction of sp³-hybridized carbons (Fsp3) is 0.400. The molecule has 0 bridgehead atoms. The molecule has 0 fully saturated rings. The van der Waals surface area contributed by atoms with Crippen LogP contribution >= 0.6 is 0 Å². The molecule has 0 unspecified atom stereocenters. The lowest BCUT2D eigenvalue weighted by atomic mass is 10.2. The van der Waals surface area contributed by atoms with Gasteiger partial charge in [-0.25, -0.2) is 4.39 Å². The summed E-state index contributed by atoms with van der Waals surface area (Å²) in [5, 5.41) is 0. The zero-order valence-electron chi connectivity index (χ0n) is 8.85. The second-order valence-electron chi connectivity index (χ2n) is 3.21. The number of rotatable bonds is 6. The zero-order chi connectivity index (χ0) is 12.0. The molecule has 1 aromatic carbocycles. The van der Waals surface area contributed by atoms with Crippen LogP contribution in [0.25, 0.3) is 0 Å². The standard InChI is InChI=1S/C10H13FO4S/c1-16(12,13)15-7-6-14-8-9-2-4-10(11)5-3-9/h2-5H,6-8H2,1H3. The SMILES string of the molecule is CS(=O)(=O)OCCOCc1ccc(F)cc1. The molecular formula is C10H13FO4S. The van der Waals surface area contributed by atoms with Crippen molar-refractivity contribution in [2.75, 3.05) is 19.5 Å². The van der Waals surface area contributed by atoms with Crippen molar-refractivity contribution in [3.8, 4) is 0 Å². The van der Waals surface area contributed by atoms with Gasteiger partial charge in [0.25, 0.3) is 10.1 Å². The lowest BCUT2D eigenvalue weighted by Crippen LogP contribution is -2.09. The third-order valence-corrected chi connectivity index (χ3v) is 2.30. The highest BCUT2D eigenvalue weighted by Crippen LogP contribution is 2.03. The average Bonchev–Trinajstić information content (AvgIpc) is 2.19. The first-order valence-electron chi connectivity index (χ1n) is 4.64. The summed E-state index contributed by atoms with van der Waals surface area (Å²) in [5.74, 6) is -0.302. The highest BCUT2D eigenvalue weighted by atomic mass is 32.2. The van der Waals surface area contributed by atoms with Crippen LogP contribution in [-0.4, -0.2) is 27.9 Å². The maximum atomic E-state index is 12.5. The molecule has 0 spiro atoms. The smallest absolute Gasteiger partial charge is 0.264 e. The Labute approximate surface area is 94.1 Å². The second kappa shape index (κ2) is 5.93. The second-order valence-corrected chi connectivity index (χ2v) is 4.85. The molecule has 0 atom stereocenters. The van der Waals surface area contributed by atoms with Gasteiger partial charge in [-0.15, -0.1) is 0 Å². The van der Waals surface area contributed by atoms with Gasteiger partial charge in [0, 0.05) is 0 Å². The fourth-order valence-electron chi connectivity index (χ4n) is 1.01. The van der Waals surface area contributed by atoms with Crippen LogP contribution < -0.4 is 0 Å². The molecule has 0 heterocycles. The van der Waals surface area contributed by atoms with Crippen LogP contribution in [0, 0.1) is 5.82 Å². The van der Waals surface area contributed by atoms with E-state index in [1.54, 1.807) is 12.1 Å². The van der Waals surface area contributed by atoms with Crippen molar-refractivity contribution < 1.29 is 21.7 Å². The van der Waals surface area contributed by atoms with Gasteiger partial charge in [0.15, 0.2) is 0 Å².